The zero-order valence-electron chi connectivity index (χ0n) is 35.9. The van der Waals surface area contributed by atoms with Gasteiger partial charge in [0.15, 0.2) is 23.0 Å². The summed E-state index contributed by atoms with van der Waals surface area (Å²) in [5, 5.41) is 2.18. The van der Waals surface area contributed by atoms with Crippen molar-refractivity contribution in [2.24, 2.45) is 11.5 Å². The maximum atomic E-state index is 13.4. The van der Waals surface area contributed by atoms with E-state index in [2.05, 4.69) is 93.8 Å². The van der Waals surface area contributed by atoms with E-state index in [4.69, 9.17) is 30.4 Å². The Morgan fingerprint density at radius 2 is 1.08 bits per heavy atom. The highest BCUT2D eigenvalue weighted by molar-refractivity contribution is 5.97. The fourth-order valence-corrected chi connectivity index (χ4v) is 8.85. The van der Waals surface area contributed by atoms with Crippen molar-refractivity contribution < 1.29 is 28.5 Å². The minimum atomic E-state index is -0.426. The Morgan fingerprint density at radius 1 is 0.629 bits per heavy atom. The molecule has 2 aliphatic heterocycles. The average Bonchev–Trinajstić information content (AvgIpc) is 3.90. The van der Waals surface area contributed by atoms with Gasteiger partial charge in [-0.05, 0) is 114 Å². The molecule has 62 heavy (non-hydrogen) atoms. The molecule has 4 aliphatic rings. The van der Waals surface area contributed by atoms with Gasteiger partial charge in [0.05, 0.1) is 27.4 Å². The van der Waals surface area contributed by atoms with E-state index in [-0.39, 0.29) is 43.4 Å². The summed E-state index contributed by atoms with van der Waals surface area (Å²) in [7, 11) is 0. The molecule has 4 aromatic carbocycles. The molecule has 0 unspecified atom stereocenters. The van der Waals surface area contributed by atoms with Crippen LogP contribution in [0.5, 0.6) is 23.0 Å². The molecular formula is C52H58N4O6. The molecule has 0 saturated heterocycles. The number of carbonyl (C=O) groups excluding carboxylic acids is 2. The maximum absolute atomic E-state index is 13.4. The van der Waals surface area contributed by atoms with Gasteiger partial charge in [0.25, 0.3) is 0 Å². The molecule has 0 atom stereocenters. The zero-order chi connectivity index (χ0) is 42.9. The van der Waals surface area contributed by atoms with Crippen LogP contribution in [-0.4, -0.2) is 35.1 Å². The minimum Gasteiger partial charge on any atom is -0.454 e. The number of benzene rings is 4. The number of nitrogens with one attached hydrogen (secondary N) is 2. The van der Waals surface area contributed by atoms with Crippen molar-refractivity contribution in [2.45, 2.75) is 116 Å². The van der Waals surface area contributed by atoms with Crippen LogP contribution in [0.25, 0.3) is 21.8 Å². The first kappa shape index (κ1) is 42.5. The lowest BCUT2D eigenvalue weighted by atomic mass is 9.87. The Labute approximate surface area is 364 Å². The average molecular weight is 835 g/mol. The number of ketones is 2. The fourth-order valence-electron chi connectivity index (χ4n) is 8.85. The van der Waals surface area contributed by atoms with Gasteiger partial charge in [-0.15, -0.1) is 0 Å². The molecule has 2 aliphatic carbocycles. The highest BCUT2D eigenvalue weighted by Gasteiger charge is 2.52. The number of H-pyrrole nitrogens is 2. The fraction of sp³-hybridized carbons (Fsp3) is 0.385. The van der Waals surface area contributed by atoms with Crippen LogP contribution in [0.15, 0.2) is 72.8 Å². The number of carbonyl (C=O) groups is 2. The molecule has 4 heterocycles. The van der Waals surface area contributed by atoms with Crippen LogP contribution < -0.4 is 30.4 Å². The van der Waals surface area contributed by atoms with Crippen LogP contribution in [-0.2, 0) is 50.6 Å². The first-order valence-electron chi connectivity index (χ1n) is 21.2. The second kappa shape index (κ2) is 15.6. The van der Waals surface area contributed by atoms with Crippen molar-refractivity contribution in [1.82, 2.24) is 9.97 Å². The van der Waals surface area contributed by atoms with Crippen molar-refractivity contribution in [3.05, 3.63) is 118 Å². The molecule has 2 fully saturated rings. The van der Waals surface area contributed by atoms with Gasteiger partial charge >= 0.3 is 0 Å². The molecule has 10 heteroatoms. The van der Waals surface area contributed by atoms with Crippen LogP contribution in [0.2, 0.25) is 0 Å². The molecule has 322 valence electrons. The van der Waals surface area contributed by atoms with Gasteiger partial charge in [-0.2, -0.15) is 0 Å². The van der Waals surface area contributed by atoms with Crippen molar-refractivity contribution in [1.29, 1.82) is 0 Å². The number of Topliss-reactive ketones (excluding diaryl/α,β-unsaturated/α-hetero) is 2. The first-order chi connectivity index (χ1) is 29.1. The summed E-state index contributed by atoms with van der Waals surface area (Å²) in [6.07, 6.45) is 4.27. The third kappa shape index (κ3) is 7.79. The van der Waals surface area contributed by atoms with E-state index in [1.54, 1.807) is 0 Å². The predicted molar refractivity (Wildman–Crippen MR) is 244 cm³/mol. The molecule has 10 nitrogen and oxygen atoms in total. The lowest BCUT2D eigenvalue weighted by Crippen LogP contribution is -2.22. The number of nitrogens with two attached hydrogens (primary N) is 2. The van der Waals surface area contributed by atoms with Gasteiger partial charge in [0, 0.05) is 58.4 Å². The number of rotatable bonds is 9. The zero-order valence-corrected chi connectivity index (χ0v) is 35.9. The van der Waals surface area contributed by atoms with Gasteiger partial charge in [-0.25, -0.2) is 0 Å². The van der Waals surface area contributed by atoms with Crippen molar-refractivity contribution >= 4 is 33.4 Å². The summed E-state index contributed by atoms with van der Waals surface area (Å²) < 4.78 is 21.9. The molecule has 2 saturated carbocycles. The van der Waals surface area contributed by atoms with Crippen molar-refractivity contribution in [3.63, 3.8) is 0 Å². The quantitative estimate of drug-likeness (QED) is 0.0830. The summed E-state index contributed by atoms with van der Waals surface area (Å²) in [5.74, 6) is 6.43. The number of hydrogen-bond donors (Lipinski definition) is 4. The van der Waals surface area contributed by atoms with E-state index in [1.807, 2.05) is 42.5 Å². The molecule has 0 amide bonds. The highest BCUT2D eigenvalue weighted by Crippen LogP contribution is 2.53. The van der Waals surface area contributed by atoms with Gasteiger partial charge in [0.2, 0.25) is 13.6 Å². The van der Waals surface area contributed by atoms with E-state index >= 15 is 0 Å². The lowest BCUT2D eigenvalue weighted by Gasteiger charge is -2.16. The Morgan fingerprint density at radius 3 is 1.53 bits per heavy atom. The molecule has 6 aromatic rings. The third-order valence-electron chi connectivity index (χ3n) is 12.8. The maximum Gasteiger partial charge on any atom is 0.231 e. The van der Waals surface area contributed by atoms with E-state index in [1.165, 1.54) is 5.69 Å². The van der Waals surface area contributed by atoms with Crippen LogP contribution in [0.3, 0.4) is 0 Å². The Bertz CT molecular complexity index is 2800. The molecule has 6 N–H and O–H groups in total. The monoisotopic (exact) mass is 834 g/mol. The largest absolute Gasteiger partial charge is 0.454 e. The number of aromatic amines is 2. The summed E-state index contributed by atoms with van der Waals surface area (Å²) in [6, 6.07) is 26.9. The van der Waals surface area contributed by atoms with Crippen molar-refractivity contribution in [3.8, 4) is 35.0 Å². The summed E-state index contributed by atoms with van der Waals surface area (Å²) in [4.78, 5) is 33.8. The van der Waals surface area contributed by atoms with E-state index in [0.29, 0.717) is 19.4 Å². The minimum absolute atomic E-state index is 0. The lowest BCUT2D eigenvalue weighted by molar-refractivity contribution is -0.121. The van der Waals surface area contributed by atoms with Crippen LogP contribution in [0.4, 0.5) is 0 Å². The van der Waals surface area contributed by atoms with Crippen LogP contribution in [0, 0.1) is 12.0 Å². The normalized spacial score (nSPS) is 16.2. The van der Waals surface area contributed by atoms with E-state index in [0.717, 1.165) is 110 Å². The topological polar surface area (TPSA) is 155 Å². The van der Waals surface area contributed by atoms with Crippen LogP contribution >= 0.6 is 0 Å². The Hall–Kier alpha value is -6.18. The summed E-state index contributed by atoms with van der Waals surface area (Å²) in [5.41, 5.74) is 21.0. The molecular weight excluding hydrogens is 777 g/mol. The molecule has 0 radical (unpaired) electrons. The number of hydrogen-bond acceptors (Lipinski definition) is 8. The molecule has 0 spiro atoms. The standard InChI is InChI=1S/C26H26N2O3.C25H28N2O3.CH4/c1-25(2,3)22-13-18-11-16(10-17(6-9-27)24(18)28-22)12-23(29)26(7-8-26)19-4-5-20-21(14-19)31-15-30-20;1-24(2,3)21-11-16-8-15(9-17(13-26)23(16)27-21)10-22(28)25(6-7-25)18-4-5-19-20(12-18)30-14-29-19;/h4-5,10-11,13-14,28H,7-8,12,15,27H2,1-3H3;4-5,8-9,11-12,27H,6-7,10,13-14,26H2,1-3H3;1H4. The summed E-state index contributed by atoms with van der Waals surface area (Å²) in [6.45, 7) is 14.0. The van der Waals surface area contributed by atoms with E-state index in [9.17, 15) is 9.59 Å². The Kier molecular flexibility index (Phi) is 10.7. The molecule has 2 aromatic heterocycles. The number of aromatic nitrogens is 2. The van der Waals surface area contributed by atoms with E-state index < -0.39 is 10.8 Å². The van der Waals surface area contributed by atoms with Gasteiger partial charge in [-0.1, -0.05) is 67.2 Å². The second-order valence-electron chi connectivity index (χ2n) is 19.2. The van der Waals surface area contributed by atoms with Gasteiger partial charge in [0.1, 0.15) is 11.6 Å². The van der Waals surface area contributed by atoms with Crippen molar-refractivity contribution in [2.75, 3.05) is 13.6 Å². The summed E-state index contributed by atoms with van der Waals surface area (Å²) >= 11 is 0. The van der Waals surface area contributed by atoms with Gasteiger partial charge in [-0.3, -0.25) is 9.59 Å². The SMILES string of the molecule is C.CC(C)(C)c1cc2cc(CC(=O)C3(c4ccc5c(c4)OCO5)CC3)cc(C#CN)c2[nH]1.CC(C)(C)c1cc2cc(CC(=O)C3(c4ccc5c(c4)OCO5)CC3)cc(CN)c2[nH]1. The third-order valence-corrected chi connectivity index (χ3v) is 12.8. The number of ether oxygens (including phenoxy) is 4. The molecule has 10 rings (SSSR count). The highest BCUT2D eigenvalue weighted by atomic mass is 16.7. The van der Waals surface area contributed by atoms with Gasteiger partial charge < -0.3 is 40.4 Å². The smallest absolute Gasteiger partial charge is 0.231 e. The predicted octanol–water partition coefficient (Wildman–Crippen LogP) is 9.44. The van der Waals surface area contributed by atoms with Crippen LogP contribution in [0.1, 0.15) is 119 Å². The first-order valence-corrected chi connectivity index (χ1v) is 21.2. The second-order valence-corrected chi connectivity index (χ2v) is 19.2. The number of fused-ring (bicyclic) bond motifs is 4. The Balaban J connectivity index is 0.000000168. The molecule has 0 bridgehead atoms.